The van der Waals surface area contributed by atoms with Crippen molar-refractivity contribution in [2.45, 2.75) is 26.4 Å². The Balaban J connectivity index is 1.64. The van der Waals surface area contributed by atoms with Gasteiger partial charge in [0, 0.05) is 22.7 Å². The standard InChI is InChI=1S/C27H23N3O/c1-3-24-29(19-10-5-4-6-11-19)27-22(13-9-17-28-27)30(24)25-18(2)15-16-21-20-12-7-8-14-23(20)31-26(21)25/h4-17,24H,3H2,1-2H3. The van der Waals surface area contributed by atoms with Gasteiger partial charge < -0.3 is 14.2 Å². The van der Waals surface area contributed by atoms with Crippen LogP contribution < -0.4 is 9.80 Å². The summed E-state index contributed by atoms with van der Waals surface area (Å²) in [5.41, 5.74) is 6.41. The summed E-state index contributed by atoms with van der Waals surface area (Å²) in [4.78, 5) is 9.55. The van der Waals surface area contributed by atoms with E-state index in [2.05, 4.69) is 84.3 Å². The van der Waals surface area contributed by atoms with E-state index in [1.54, 1.807) is 0 Å². The third kappa shape index (κ3) is 2.58. The van der Waals surface area contributed by atoms with Crippen molar-refractivity contribution in [1.82, 2.24) is 4.98 Å². The lowest BCUT2D eigenvalue weighted by atomic mass is 10.1. The SMILES string of the molecule is CCC1N(c2ccccc2)c2ncccc2N1c1c(C)ccc2c1oc1ccccc12. The van der Waals surface area contributed by atoms with E-state index in [0.29, 0.717) is 0 Å². The van der Waals surface area contributed by atoms with Gasteiger partial charge in [-0.1, -0.05) is 55.5 Å². The molecule has 1 aliphatic rings. The number of anilines is 4. The number of fused-ring (bicyclic) bond motifs is 4. The molecule has 0 fully saturated rings. The van der Waals surface area contributed by atoms with E-state index in [9.17, 15) is 0 Å². The van der Waals surface area contributed by atoms with Crippen molar-refractivity contribution in [1.29, 1.82) is 0 Å². The lowest BCUT2D eigenvalue weighted by molar-refractivity contribution is 0.644. The number of furan rings is 1. The first-order valence-electron chi connectivity index (χ1n) is 10.8. The van der Waals surface area contributed by atoms with Crippen molar-refractivity contribution in [2.75, 3.05) is 9.80 Å². The highest BCUT2D eigenvalue weighted by atomic mass is 16.3. The van der Waals surface area contributed by atoms with Gasteiger partial charge in [0.25, 0.3) is 0 Å². The van der Waals surface area contributed by atoms with E-state index in [1.807, 2.05) is 24.4 Å². The lowest BCUT2D eigenvalue weighted by Gasteiger charge is -2.32. The Bertz CT molecular complexity index is 1410. The van der Waals surface area contributed by atoms with E-state index in [-0.39, 0.29) is 6.17 Å². The first-order chi connectivity index (χ1) is 15.3. The summed E-state index contributed by atoms with van der Waals surface area (Å²) >= 11 is 0. The molecule has 1 atom stereocenters. The first-order valence-corrected chi connectivity index (χ1v) is 10.8. The van der Waals surface area contributed by atoms with Crippen LogP contribution in [0.15, 0.2) is 89.5 Å². The molecule has 0 saturated heterocycles. The van der Waals surface area contributed by atoms with E-state index in [0.717, 1.165) is 51.2 Å². The molecule has 4 nitrogen and oxygen atoms in total. The summed E-state index contributed by atoms with van der Waals surface area (Å²) in [6.07, 6.45) is 2.91. The zero-order chi connectivity index (χ0) is 20.9. The maximum atomic E-state index is 6.45. The van der Waals surface area contributed by atoms with Crippen molar-refractivity contribution < 1.29 is 4.42 Å². The third-order valence-corrected chi connectivity index (χ3v) is 6.21. The lowest BCUT2D eigenvalue weighted by Crippen LogP contribution is -2.38. The zero-order valence-electron chi connectivity index (χ0n) is 17.6. The average Bonchev–Trinajstić information content (AvgIpc) is 3.35. The predicted molar refractivity (Wildman–Crippen MR) is 127 cm³/mol. The van der Waals surface area contributed by atoms with Crippen molar-refractivity contribution in [2.24, 2.45) is 0 Å². The summed E-state index contributed by atoms with van der Waals surface area (Å²) in [6, 6.07) is 27.3. The zero-order valence-corrected chi connectivity index (χ0v) is 17.6. The van der Waals surface area contributed by atoms with Crippen LogP contribution in [0.1, 0.15) is 18.9 Å². The number of hydrogen-bond acceptors (Lipinski definition) is 4. The number of pyridine rings is 1. The van der Waals surface area contributed by atoms with Crippen molar-refractivity contribution in [3.05, 3.63) is 90.6 Å². The number of para-hydroxylation sites is 2. The van der Waals surface area contributed by atoms with Gasteiger partial charge >= 0.3 is 0 Å². The average molecular weight is 406 g/mol. The van der Waals surface area contributed by atoms with Gasteiger partial charge in [-0.3, -0.25) is 0 Å². The van der Waals surface area contributed by atoms with Crippen LogP contribution in [-0.2, 0) is 0 Å². The van der Waals surface area contributed by atoms with Gasteiger partial charge in [0.05, 0.1) is 11.4 Å². The fraction of sp³-hybridized carbons (Fsp3) is 0.148. The van der Waals surface area contributed by atoms with Crippen LogP contribution in [0.5, 0.6) is 0 Å². The highest BCUT2D eigenvalue weighted by Gasteiger charge is 2.39. The molecule has 1 unspecified atom stereocenters. The maximum Gasteiger partial charge on any atom is 0.159 e. The number of rotatable bonds is 3. The molecule has 0 amide bonds. The minimum Gasteiger partial charge on any atom is -0.454 e. The minimum absolute atomic E-state index is 0.102. The fourth-order valence-corrected chi connectivity index (χ4v) is 4.87. The number of aromatic nitrogens is 1. The predicted octanol–water partition coefficient (Wildman–Crippen LogP) is 7.32. The molecule has 0 aliphatic carbocycles. The maximum absolute atomic E-state index is 6.45. The van der Waals surface area contributed by atoms with E-state index < -0.39 is 0 Å². The summed E-state index contributed by atoms with van der Waals surface area (Å²) in [6.45, 7) is 4.39. The monoisotopic (exact) mass is 405 g/mol. The van der Waals surface area contributed by atoms with Gasteiger partial charge in [-0.15, -0.1) is 0 Å². The molecular weight excluding hydrogens is 382 g/mol. The molecule has 0 radical (unpaired) electrons. The second-order valence-electron chi connectivity index (χ2n) is 8.02. The number of aryl methyl sites for hydroxylation is 1. The van der Waals surface area contributed by atoms with Crippen molar-refractivity contribution >= 4 is 44.8 Å². The topological polar surface area (TPSA) is 32.5 Å². The highest BCUT2D eigenvalue weighted by molar-refractivity contribution is 6.10. The van der Waals surface area contributed by atoms with Gasteiger partial charge in [0.1, 0.15) is 11.7 Å². The molecule has 1 aliphatic heterocycles. The smallest absolute Gasteiger partial charge is 0.159 e. The molecular formula is C27H23N3O. The molecule has 6 rings (SSSR count). The van der Waals surface area contributed by atoms with Crippen molar-refractivity contribution in [3.8, 4) is 0 Å². The molecule has 31 heavy (non-hydrogen) atoms. The summed E-state index contributed by atoms with van der Waals surface area (Å²) in [5, 5.41) is 2.30. The van der Waals surface area contributed by atoms with Crippen molar-refractivity contribution in [3.63, 3.8) is 0 Å². The van der Waals surface area contributed by atoms with E-state index >= 15 is 0 Å². The molecule has 5 aromatic rings. The molecule has 0 spiro atoms. The van der Waals surface area contributed by atoms with Crippen LogP contribution in [0.25, 0.3) is 21.9 Å². The Hall–Kier alpha value is -3.79. The van der Waals surface area contributed by atoms with Gasteiger partial charge in [-0.2, -0.15) is 0 Å². The second kappa shape index (κ2) is 6.88. The number of nitrogens with zero attached hydrogens (tertiary/aromatic N) is 3. The fourth-order valence-electron chi connectivity index (χ4n) is 4.87. The van der Waals surface area contributed by atoms with Crippen LogP contribution in [-0.4, -0.2) is 11.1 Å². The van der Waals surface area contributed by atoms with Gasteiger partial charge in [-0.25, -0.2) is 4.98 Å². The van der Waals surface area contributed by atoms with E-state index in [4.69, 9.17) is 9.40 Å². The molecule has 0 N–H and O–H groups in total. The quantitative estimate of drug-likeness (QED) is 0.315. The van der Waals surface area contributed by atoms with Crippen LogP contribution in [0, 0.1) is 6.92 Å². The summed E-state index contributed by atoms with van der Waals surface area (Å²) < 4.78 is 6.45. The number of benzene rings is 3. The van der Waals surface area contributed by atoms with Gasteiger partial charge in [-0.05, 0) is 49.2 Å². The Labute approximate surface area is 181 Å². The van der Waals surface area contributed by atoms with Crippen LogP contribution in [0.3, 0.4) is 0 Å². The third-order valence-electron chi connectivity index (χ3n) is 6.21. The largest absolute Gasteiger partial charge is 0.454 e. The Morgan fingerprint density at radius 3 is 2.48 bits per heavy atom. The molecule has 4 heteroatoms. The minimum atomic E-state index is 0.102. The van der Waals surface area contributed by atoms with Crippen LogP contribution in [0.2, 0.25) is 0 Å². The Morgan fingerprint density at radius 2 is 1.65 bits per heavy atom. The van der Waals surface area contributed by atoms with Gasteiger partial charge in [0.15, 0.2) is 11.4 Å². The van der Waals surface area contributed by atoms with E-state index in [1.165, 1.54) is 5.56 Å². The molecule has 152 valence electrons. The summed E-state index contributed by atoms with van der Waals surface area (Å²) in [7, 11) is 0. The van der Waals surface area contributed by atoms with Crippen LogP contribution >= 0.6 is 0 Å². The molecule has 3 aromatic carbocycles. The second-order valence-corrected chi connectivity index (χ2v) is 8.02. The highest BCUT2D eigenvalue weighted by Crippen LogP contribution is 2.50. The summed E-state index contributed by atoms with van der Waals surface area (Å²) in [5.74, 6) is 0.980. The molecule has 0 saturated carbocycles. The first kappa shape index (κ1) is 18.0. The number of hydrogen-bond donors (Lipinski definition) is 0. The van der Waals surface area contributed by atoms with Crippen LogP contribution in [0.4, 0.5) is 22.9 Å². The molecule has 2 aromatic heterocycles. The van der Waals surface area contributed by atoms with Gasteiger partial charge in [0.2, 0.25) is 0 Å². The Morgan fingerprint density at radius 1 is 0.839 bits per heavy atom. The Kier molecular flexibility index (Phi) is 4.00. The molecule has 3 heterocycles. The molecule has 0 bridgehead atoms. The normalized spacial score (nSPS) is 15.7.